The number of benzene rings is 3. The van der Waals surface area contributed by atoms with E-state index in [0.717, 1.165) is 0 Å². The van der Waals surface area contributed by atoms with Crippen molar-refractivity contribution in [3.8, 4) is 11.5 Å². The fourth-order valence-corrected chi connectivity index (χ4v) is 3.43. The van der Waals surface area contributed by atoms with Gasteiger partial charge < -0.3 is 20.1 Å². The molecule has 3 rings (SSSR count). The number of carbonyl (C=O) groups is 3. The molecule has 10 heteroatoms. The van der Waals surface area contributed by atoms with Crippen LogP contribution in [0.25, 0.3) is 0 Å². The Morgan fingerprint density at radius 1 is 0.714 bits per heavy atom. The Balaban J connectivity index is 1.34. The maximum absolute atomic E-state index is 12.1. The van der Waals surface area contributed by atoms with E-state index in [0.29, 0.717) is 37.9 Å². The molecule has 0 unspecified atom stereocenters. The van der Waals surface area contributed by atoms with Gasteiger partial charge in [0.2, 0.25) is 5.91 Å². The van der Waals surface area contributed by atoms with Crippen molar-refractivity contribution in [2.75, 3.05) is 17.2 Å². The number of hydrogen-bond acceptors (Lipinski definition) is 5. The minimum absolute atomic E-state index is 0.0102. The first kappa shape index (κ1) is 26.3. The van der Waals surface area contributed by atoms with E-state index in [1.54, 1.807) is 66.7 Å². The molecule has 0 spiro atoms. The molecule has 7 nitrogen and oxygen atoms in total. The average Bonchev–Trinajstić information content (AvgIpc) is 2.82. The lowest BCUT2D eigenvalue weighted by Crippen LogP contribution is -2.21. The summed E-state index contributed by atoms with van der Waals surface area (Å²) in [6.45, 7) is -0.413. The molecule has 3 aromatic carbocycles. The van der Waals surface area contributed by atoms with Crippen LogP contribution in [0.5, 0.6) is 11.5 Å². The molecule has 0 heterocycles. The van der Waals surface area contributed by atoms with Crippen LogP contribution in [0, 0.1) is 0 Å². The lowest BCUT2D eigenvalue weighted by Gasteiger charge is -2.09. The summed E-state index contributed by atoms with van der Waals surface area (Å²) in [5.74, 6) is -0.291. The summed E-state index contributed by atoms with van der Waals surface area (Å²) in [6.07, 6.45) is 0.403. The molecule has 0 saturated carbocycles. The van der Waals surface area contributed by atoms with Crippen molar-refractivity contribution in [2.24, 2.45) is 0 Å². The van der Waals surface area contributed by atoms with E-state index in [-0.39, 0.29) is 25.2 Å². The van der Waals surface area contributed by atoms with Crippen LogP contribution < -0.4 is 15.4 Å². The molecular weight excluding hydrogens is 515 g/mol. The van der Waals surface area contributed by atoms with Crippen LogP contribution in [0.15, 0.2) is 66.7 Å². The highest BCUT2D eigenvalue weighted by atomic mass is 35.5. The summed E-state index contributed by atoms with van der Waals surface area (Å²) in [7, 11) is 0. The second-order valence-corrected chi connectivity index (χ2v) is 8.60. The first-order chi connectivity index (χ1) is 16.8. The third-order valence-corrected chi connectivity index (χ3v) is 5.32. The van der Waals surface area contributed by atoms with E-state index >= 15 is 0 Å². The van der Waals surface area contributed by atoms with Gasteiger partial charge in [-0.1, -0.05) is 34.8 Å². The molecule has 0 aliphatic heterocycles. The Labute approximate surface area is 217 Å². The molecule has 2 N–H and O–H groups in total. The molecule has 0 fully saturated rings. The minimum atomic E-state index is -0.564. The van der Waals surface area contributed by atoms with Crippen molar-refractivity contribution >= 4 is 64.0 Å². The van der Waals surface area contributed by atoms with Crippen LogP contribution in [-0.4, -0.2) is 24.4 Å². The third kappa shape index (κ3) is 9.13. The van der Waals surface area contributed by atoms with Crippen molar-refractivity contribution in [3.05, 3.63) is 81.8 Å². The van der Waals surface area contributed by atoms with Gasteiger partial charge in [0.05, 0.1) is 5.02 Å². The molecule has 0 aromatic heterocycles. The van der Waals surface area contributed by atoms with Crippen LogP contribution >= 0.6 is 34.8 Å². The standard InChI is InChI=1S/C25H21Cl3N2O5/c26-16-4-7-18(8-5-16)30-24(32)15-34-25(33)3-1-2-23(31)29-19-9-11-20(12-10-19)35-22-13-6-17(27)14-21(22)28/h4-14H,1-3,15H2,(H,29,31)(H,30,32). The number of rotatable bonds is 10. The number of amides is 2. The lowest BCUT2D eigenvalue weighted by molar-refractivity contribution is -0.147. The van der Waals surface area contributed by atoms with Gasteiger partial charge in [0, 0.05) is 34.3 Å². The second kappa shape index (κ2) is 13.0. The van der Waals surface area contributed by atoms with E-state index < -0.39 is 18.5 Å². The summed E-state index contributed by atoms with van der Waals surface area (Å²) in [5, 5.41) is 6.77. The van der Waals surface area contributed by atoms with Gasteiger partial charge in [-0.05, 0) is 73.2 Å². The molecule has 0 aliphatic rings. The van der Waals surface area contributed by atoms with Crippen molar-refractivity contribution in [1.82, 2.24) is 0 Å². The number of ether oxygens (including phenoxy) is 2. The van der Waals surface area contributed by atoms with Crippen molar-refractivity contribution in [2.45, 2.75) is 19.3 Å². The number of esters is 1. The van der Waals surface area contributed by atoms with Gasteiger partial charge in [-0.2, -0.15) is 0 Å². The monoisotopic (exact) mass is 534 g/mol. The molecule has 0 saturated heterocycles. The Hall–Kier alpha value is -3.26. The van der Waals surface area contributed by atoms with E-state index in [2.05, 4.69) is 10.6 Å². The Bertz CT molecular complexity index is 1180. The topological polar surface area (TPSA) is 93.7 Å². The van der Waals surface area contributed by atoms with Gasteiger partial charge in [-0.25, -0.2) is 0 Å². The quantitative estimate of drug-likeness (QED) is 0.281. The summed E-state index contributed by atoms with van der Waals surface area (Å²) < 4.78 is 10.6. The lowest BCUT2D eigenvalue weighted by atomic mass is 10.2. The SMILES string of the molecule is O=C(CCCC(=O)OCC(=O)Nc1ccc(Cl)cc1)Nc1ccc(Oc2ccc(Cl)cc2Cl)cc1. The first-order valence-corrected chi connectivity index (χ1v) is 11.7. The molecule has 0 bridgehead atoms. The molecule has 3 aromatic rings. The van der Waals surface area contributed by atoms with Crippen molar-refractivity contribution in [1.29, 1.82) is 0 Å². The van der Waals surface area contributed by atoms with Gasteiger partial charge in [-0.3, -0.25) is 14.4 Å². The molecule has 0 aliphatic carbocycles. The zero-order valence-electron chi connectivity index (χ0n) is 18.4. The van der Waals surface area contributed by atoms with Crippen LogP contribution in [0.1, 0.15) is 19.3 Å². The molecule has 2 amide bonds. The Kier molecular flexibility index (Phi) is 9.78. The minimum Gasteiger partial charge on any atom is -0.456 e. The predicted octanol–water partition coefficient (Wildman–Crippen LogP) is 6.73. The highest BCUT2D eigenvalue weighted by Gasteiger charge is 2.10. The van der Waals surface area contributed by atoms with Crippen LogP contribution in [-0.2, 0) is 19.1 Å². The van der Waals surface area contributed by atoms with Gasteiger partial charge in [0.25, 0.3) is 5.91 Å². The summed E-state index contributed by atoms with van der Waals surface area (Å²) in [6, 6.07) is 18.2. The van der Waals surface area contributed by atoms with Gasteiger partial charge in [-0.15, -0.1) is 0 Å². The summed E-state index contributed by atoms with van der Waals surface area (Å²) in [5.41, 5.74) is 1.12. The average molecular weight is 536 g/mol. The van der Waals surface area contributed by atoms with Gasteiger partial charge >= 0.3 is 5.97 Å². The maximum atomic E-state index is 12.1. The van der Waals surface area contributed by atoms with Crippen LogP contribution in [0.2, 0.25) is 15.1 Å². The number of anilines is 2. The maximum Gasteiger partial charge on any atom is 0.306 e. The number of carbonyl (C=O) groups excluding carboxylic acids is 3. The van der Waals surface area contributed by atoms with Gasteiger partial charge in [0.15, 0.2) is 6.61 Å². The van der Waals surface area contributed by atoms with Gasteiger partial charge in [0.1, 0.15) is 11.5 Å². The molecular formula is C25H21Cl3N2O5. The number of hydrogen-bond donors (Lipinski definition) is 2. The molecule has 0 atom stereocenters. The van der Waals surface area contributed by atoms with Crippen LogP contribution in [0.3, 0.4) is 0 Å². The molecule has 35 heavy (non-hydrogen) atoms. The third-order valence-electron chi connectivity index (χ3n) is 4.54. The van der Waals surface area contributed by atoms with Crippen molar-refractivity contribution < 1.29 is 23.9 Å². The fraction of sp³-hybridized carbons (Fsp3) is 0.160. The van der Waals surface area contributed by atoms with E-state index in [1.807, 2.05) is 0 Å². The predicted molar refractivity (Wildman–Crippen MR) is 136 cm³/mol. The molecule has 0 radical (unpaired) electrons. The Morgan fingerprint density at radius 3 is 1.97 bits per heavy atom. The second-order valence-electron chi connectivity index (χ2n) is 7.32. The Morgan fingerprint density at radius 2 is 1.31 bits per heavy atom. The van der Waals surface area contributed by atoms with Crippen molar-refractivity contribution in [3.63, 3.8) is 0 Å². The first-order valence-electron chi connectivity index (χ1n) is 10.5. The largest absolute Gasteiger partial charge is 0.456 e. The highest BCUT2D eigenvalue weighted by Crippen LogP contribution is 2.32. The van der Waals surface area contributed by atoms with E-state index in [4.69, 9.17) is 44.3 Å². The zero-order valence-corrected chi connectivity index (χ0v) is 20.6. The number of halogens is 3. The normalized spacial score (nSPS) is 10.4. The molecule has 182 valence electrons. The number of nitrogens with one attached hydrogen (secondary N) is 2. The van der Waals surface area contributed by atoms with E-state index in [9.17, 15) is 14.4 Å². The van der Waals surface area contributed by atoms with E-state index in [1.165, 1.54) is 0 Å². The van der Waals surface area contributed by atoms with Crippen LogP contribution in [0.4, 0.5) is 11.4 Å². The smallest absolute Gasteiger partial charge is 0.306 e. The summed E-state index contributed by atoms with van der Waals surface area (Å²) >= 11 is 17.8. The summed E-state index contributed by atoms with van der Waals surface area (Å²) in [4.78, 5) is 35.8. The highest BCUT2D eigenvalue weighted by molar-refractivity contribution is 6.35. The fourth-order valence-electron chi connectivity index (χ4n) is 2.86. The zero-order chi connectivity index (χ0) is 25.2.